The fourth-order valence-electron chi connectivity index (χ4n) is 2.66. The van der Waals surface area contributed by atoms with Crippen LogP contribution in [-0.4, -0.2) is 24.1 Å². The van der Waals surface area contributed by atoms with Crippen LogP contribution in [0, 0.1) is 5.82 Å². The Balaban J connectivity index is 1.48. The van der Waals surface area contributed by atoms with Gasteiger partial charge in [0, 0.05) is 23.6 Å². The summed E-state index contributed by atoms with van der Waals surface area (Å²) in [5.74, 6) is 0.682. The normalized spacial score (nSPS) is 12.3. The van der Waals surface area contributed by atoms with Crippen molar-refractivity contribution < 1.29 is 18.7 Å². The number of amides is 1. The highest BCUT2D eigenvalue weighted by Crippen LogP contribution is 2.33. The van der Waals surface area contributed by atoms with Crippen molar-refractivity contribution in [1.29, 1.82) is 0 Å². The highest BCUT2D eigenvalue weighted by atomic mass is 19.1. The van der Waals surface area contributed by atoms with E-state index in [4.69, 9.17) is 9.47 Å². The zero-order chi connectivity index (χ0) is 18.6. The Morgan fingerprint density at radius 1 is 0.889 bits per heavy atom. The molecule has 1 aliphatic rings. The topological polar surface area (TPSA) is 72.5 Å². The highest BCUT2D eigenvalue weighted by Gasteiger charge is 2.12. The van der Waals surface area contributed by atoms with Crippen molar-refractivity contribution in [2.45, 2.75) is 0 Å². The number of pyridine rings is 1. The fraction of sp³-hybridized carbons (Fsp3) is 0.100. The van der Waals surface area contributed by atoms with Gasteiger partial charge in [0.2, 0.25) is 0 Å². The summed E-state index contributed by atoms with van der Waals surface area (Å²) in [7, 11) is 0. The molecule has 0 saturated heterocycles. The predicted octanol–water partition coefficient (Wildman–Crippen LogP) is 3.99. The highest BCUT2D eigenvalue weighted by molar-refractivity contribution is 6.04. The van der Waals surface area contributed by atoms with Gasteiger partial charge >= 0.3 is 0 Å². The van der Waals surface area contributed by atoms with E-state index < -0.39 is 0 Å². The summed E-state index contributed by atoms with van der Waals surface area (Å²) >= 11 is 0. The van der Waals surface area contributed by atoms with Crippen LogP contribution in [0.1, 0.15) is 10.4 Å². The maximum atomic E-state index is 13.0. The molecule has 4 rings (SSSR count). The van der Waals surface area contributed by atoms with E-state index >= 15 is 0 Å². The van der Waals surface area contributed by atoms with E-state index in [0.29, 0.717) is 41.7 Å². The number of fused-ring (bicyclic) bond motifs is 1. The van der Waals surface area contributed by atoms with Crippen molar-refractivity contribution in [3.8, 4) is 11.5 Å². The van der Waals surface area contributed by atoms with Gasteiger partial charge in [-0.25, -0.2) is 4.39 Å². The first-order chi connectivity index (χ1) is 13.2. The fourth-order valence-corrected chi connectivity index (χ4v) is 2.66. The first-order valence-electron chi connectivity index (χ1n) is 8.36. The Morgan fingerprint density at radius 2 is 1.63 bits per heavy atom. The van der Waals surface area contributed by atoms with Crippen molar-refractivity contribution in [2.24, 2.45) is 0 Å². The summed E-state index contributed by atoms with van der Waals surface area (Å²) in [6, 6.07) is 12.8. The van der Waals surface area contributed by atoms with Crippen molar-refractivity contribution in [3.05, 3.63) is 72.3 Å². The van der Waals surface area contributed by atoms with E-state index in [0.717, 1.165) is 5.69 Å². The average molecular weight is 365 g/mol. The number of hydrogen-bond donors (Lipinski definition) is 2. The minimum Gasteiger partial charge on any atom is -0.486 e. The third-order valence-corrected chi connectivity index (χ3v) is 3.93. The molecule has 136 valence electrons. The van der Waals surface area contributed by atoms with Gasteiger partial charge in [-0.2, -0.15) is 0 Å². The number of ether oxygens (including phenoxy) is 2. The summed E-state index contributed by atoms with van der Waals surface area (Å²) < 4.78 is 24.0. The van der Waals surface area contributed by atoms with Crippen molar-refractivity contribution in [2.75, 3.05) is 23.8 Å². The Morgan fingerprint density at radius 3 is 2.44 bits per heavy atom. The van der Waals surface area contributed by atoms with Gasteiger partial charge < -0.3 is 20.1 Å². The quantitative estimate of drug-likeness (QED) is 0.731. The van der Waals surface area contributed by atoms with Crippen LogP contribution in [-0.2, 0) is 0 Å². The molecule has 0 unspecified atom stereocenters. The molecule has 0 fully saturated rings. The second-order valence-corrected chi connectivity index (χ2v) is 5.91. The lowest BCUT2D eigenvalue weighted by atomic mass is 10.2. The second kappa shape index (κ2) is 7.33. The molecule has 6 nitrogen and oxygen atoms in total. The van der Waals surface area contributed by atoms with Crippen LogP contribution in [0.2, 0.25) is 0 Å². The Kier molecular flexibility index (Phi) is 4.57. The van der Waals surface area contributed by atoms with Crippen LogP contribution in [0.4, 0.5) is 21.5 Å². The summed E-state index contributed by atoms with van der Waals surface area (Å²) in [5, 5.41) is 5.90. The number of carbonyl (C=O) groups excluding carboxylic acids is 1. The van der Waals surface area contributed by atoms with E-state index in [1.807, 2.05) is 18.2 Å². The van der Waals surface area contributed by atoms with Gasteiger partial charge in [0.1, 0.15) is 19.0 Å². The number of carbonyl (C=O) groups is 1. The Labute approximate surface area is 155 Å². The van der Waals surface area contributed by atoms with E-state index in [1.54, 1.807) is 12.3 Å². The van der Waals surface area contributed by atoms with Gasteiger partial charge in [-0.05, 0) is 42.5 Å². The molecule has 2 heterocycles. The molecule has 1 amide bonds. The van der Waals surface area contributed by atoms with Crippen molar-refractivity contribution in [1.82, 2.24) is 4.98 Å². The maximum Gasteiger partial charge on any atom is 0.257 e. The van der Waals surface area contributed by atoms with Crippen LogP contribution in [0.3, 0.4) is 0 Å². The molecule has 1 aromatic heterocycles. The van der Waals surface area contributed by atoms with Crippen molar-refractivity contribution in [3.63, 3.8) is 0 Å². The Bertz CT molecular complexity index is 976. The van der Waals surface area contributed by atoms with E-state index in [2.05, 4.69) is 15.6 Å². The standard InChI is InChI=1S/C20H16FN3O3/c21-14-1-3-15(4-2-14)24-20(25)13-9-17(12-22-11-13)23-16-5-6-18-19(10-16)27-8-7-26-18/h1-6,9-12,23H,7-8H2,(H,24,25). The van der Waals surface area contributed by atoms with Crippen LogP contribution < -0.4 is 20.1 Å². The summed E-state index contributed by atoms with van der Waals surface area (Å²) in [5.41, 5.74) is 2.32. The molecule has 3 aromatic rings. The van der Waals surface area contributed by atoms with Crippen molar-refractivity contribution >= 4 is 23.0 Å². The number of halogens is 1. The number of aromatic nitrogens is 1. The van der Waals surface area contributed by atoms with E-state index in [9.17, 15) is 9.18 Å². The zero-order valence-electron chi connectivity index (χ0n) is 14.2. The van der Waals surface area contributed by atoms with Crippen LogP contribution in [0.15, 0.2) is 60.9 Å². The number of hydrogen-bond acceptors (Lipinski definition) is 5. The number of rotatable bonds is 4. The molecular formula is C20H16FN3O3. The second-order valence-electron chi connectivity index (χ2n) is 5.91. The number of nitrogens with zero attached hydrogens (tertiary/aromatic N) is 1. The molecule has 0 spiro atoms. The molecule has 2 aromatic carbocycles. The molecule has 27 heavy (non-hydrogen) atoms. The van der Waals surface area contributed by atoms with Gasteiger partial charge in [0.05, 0.1) is 17.4 Å². The van der Waals surface area contributed by atoms with Crippen LogP contribution in [0.5, 0.6) is 11.5 Å². The minimum atomic E-state index is -0.361. The summed E-state index contributed by atoms with van der Waals surface area (Å²) in [6.45, 7) is 1.05. The molecule has 0 atom stereocenters. The maximum absolute atomic E-state index is 13.0. The molecule has 1 aliphatic heterocycles. The molecule has 0 aliphatic carbocycles. The zero-order valence-corrected chi connectivity index (χ0v) is 14.2. The van der Waals surface area contributed by atoms with Gasteiger partial charge in [0.15, 0.2) is 11.5 Å². The largest absolute Gasteiger partial charge is 0.486 e. The van der Waals surface area contributed by atoms with Gasteiger partial charge in [-0.1, -0.05) is 0 Å². The lowest BCUT2D eigenvalue weighted by Crippen LogP contribution is -2.15. The van der Waals surface area contributed by atoms with E-state index in [-0.39, 0.29) is 11.7 Å². The molecule has 2 N–H and O–H groups in total. The number of anilines is 3. The monoisotopic (exact) mass is 365 g/mol. The third kappa shape index (κ3) is 3.98. The lowest BCUT2D eigenvalue weighted by molar-refractivity contribution is 0.102. The molecule has 7 heteroatoms. The first kappa shape index (κ1) is 16.8. The molecular weight excluding hydrogens is 349 g/mol. The van der Waals surface area contributed by atoms with E-state index in [1.165, 1.54) is 30.5 Å². The van der Waals surface area contributed by atoms with Crippen LogP contribution in [0.25, 0.3) is 0 Å². The first-order valence-corrected chi connectivity index (χ1v) is 8.36. The molecule has 0 saturated carbocycles. The third-order valence-electron chi connectivity index (χ3n) is 3.93. The average Bonchev–Trinajstić information content (AvgIpc) is 2.70. The van der Waals surface area contributed by atoms with Gasteiger partial charge in [0.25, 0.3) is 5.91 Å². The molecule has 0 radical (unpaired) electrons. The smallest absolute Gasteiger partial charge is 0.257 e. The number of benzene rings is 2. The SMILES string of the molecule is O=C(Nc1ccc(F)cc1)c1cncc(Nc2ccc3c(c2)OCCO3)c1. The number of nitrogens with one attached hydrogen (secondary N) is 2. The Hall–Kier alpha value is -3.61. The summed E-state index contributed by atoms with van der Waals surface area (Å²) in [4.78, 5) is 16.5. The summed E-state index contributed by atoms with van der Waals surface area (Å²) in [6.07, 6.45) is 3.08. The predicted molar refractivity (Wildman–Crippen MR) is 99.3 cm³/mol. The van der Waals surface area contributed by atoms with Gasteiger partial charge in [-0.3, -0.25) is 9.78 Å². The van der Waals surface area contributed by atoms with Crippen LogP contribution >= 0.6 is 0 Å². The van der Waals surface area contributed by atoms with Gasteiger partial charge in [-0.15, -0.1) is 0 Å². The molecule has 0 bridgehead atoms. The lowest BCUT2D eigenvalue weighted by Gasteiger charge is -2.19. The minimum absolute atomic E-state index is 0.333.